The van der Waals surface area contributed by atoms with Crippen LogP contribution in [0, 0.1) is 31.1 Å². The van der Waals surface area contributed by atoms with Crippen LogP contribution in [0.15, 0.2) is 57.5 Å². The van der Waals surface area contributed by atoms with E-state index in [1.165, 1.54) is 6.92 Å². The highest BCUT2D eigenvalue weighted by Gasteiger charge is 2.62. The fraction of sp³-hybridized carbons (Fsp3) is 0.478. The molecule has 306 valence electrons. The van der Waals surface area contributed by atoms with Crippen LogP contribution in [0.5, 0.6) is 11.5 Å². The molecule has 58 heavy (non-hydrogen) atoms. The van der Waals surface area contributed by atoms with Gasteiger partial charge >= 0.3 is 5.97 Å². The molecule has 8 rings (SSSR count). The van der Waals surface area contributed by atoms with Crippen LogP contribution in [-0.4, -0.2) is 68.2 Å². The number of ether oxygens (including phenoxy) is 2. The molecule has 2 fully saturated rings. The molecule has 5 heterocycles. The number of fused-ring (bicyclic) bond motifs is 6. The van der Waals surface area contributed by atoms with E-state index in [1.54, 1.807) is 24.8 Å². The predicted molar refractivity (Wildman–Crippen MR) is 230 cm³/mol. The van der Waals surface area contributed by atoms with Gasteiger partial charge in [-0.15, -0.1) is 0 Å². The van der Waals surface area contributed by atoms with Gasteiger partial charge < -0.3 is 19.5 Å². The summed E-state index contributed by atoms with van der Waals surface area (Å²) in [6.45, 7) is 9.53. The molecule has 10 nitrogen and oxygen atoms in total. The number of allylic oxidation sites excluding steroid dienone is 2. The Hall–Kier alpha value is -4.16. The molecular formula is C46H51Br2N3O7. The first kappa shape index (κ1) is 42.0. The number of aromatic nitrogens is 2. The monoisotopic (exact) mass is 915 g/mol. The molecule has 1 aliphatic carbocycles. The summed E-state index contributed by atoms with van der Waals surface area (Å²) in [6, 6.07) is 10.9. The number of hydrogen-bond donors (Lipinski definition) is 1. The molecule has 12 heteroatoms. The summed E-state index contributed by atoms with van der Waals surface area (Å²) >= 11 is 6.93. The lowest BCUT2D eigenvalue weighted by molar-refractivity contribution is -0.152. The molecule has 0 bridgehead atoms. The molecule has 2 aromatic heterocycles. The lowest BCUT2D eigenvalue weighted by Gasteiger charge is -2.36. The van der Waals surface area contributed by atoms with Crippen molar-refractivity contribution in [3.63, 3.8) is 0 Å². The van der Waals surface area contributed by atoms with E-state index in [1.807, 2.05) is 38.1 Å². The van der Waals surface area contributed by atoms with Gasteiger partial charge in [0.2, 0.25) is 5.91 Å². The smallest absolute Gasteiger partial charge is 0.313 e. The topological polar surface area (TPSA) is 136 Å². The van der Waals surface area contributed by atoms with Crippen molar-refractivity contribution < 1.29 is 33.8 Å². The van der Waals surface area contributed by atoms with Crippen molar-refractivity contribution in [2.75, 3.05) is 13.2 Å². The number of halogens is 2. The van der Waals surface area contributed by atoms with Crippen LogP contribution in [0.25, 0.3) is 21.8 Å². The average molecular weight is 918 g/mol. The Kier molecular flexibility index (Phi) is 12.2. The normalized spacial score (nSPS) is 26.3. The second kappa shape index (κ2) is 16.8. The van der Waals surface area contributed by atoms with Gasteiger partial charge in [0.05, 0.1) is 52.6 Å². The second-order valence-electron chi connectivity index (χ2n) is 16.6. The van der Waals surface area contributed by atoms with Gasteiger partial charge in [-0.05, 0) is 109 Å². The number of aryl methyl sites for hydroxylation is 3. The maximum absolute atomic E-state index is 14.2. The van der Waals surface area contributed by atoms with Crippen molar-refractivity contribution in [3.8, 4) is 11.5 Å². The molecule has 2 aromatic carbocycles. The van der Waals surface area contributed by atoms with Gasteiger partial charge in [-0.2, -0.15) is 0 Å². The predicted octanol–water partition coefficient (Wildman–Crippen LogP) is 9.87. The fourth-order valence-corrected chi connectivity index (χ4v) is 9.93. The Balaban J connectivity index is 0.000000267. The van der Waals surface area contributed by atoms with E-state index in [0.717, 1.165) is 75.4 Å². The molecule has 1 spiro atoms. The van der Waals surface area contributed by atoms with Crippen LogP contribution in [0.4, 0.5) is 0 Å². The summed E-state index contributed by atoms with van der Waals surface area (Å²) in [5.74, 6) is 0.0777. The Labute approximate surface area is 356 Å². The van der Waals surface area contributed by atoms with Crippen LogP contribution in [-0.2, 0) is 25.5 Å². The largest absolute Gasteiger partial charge is 0.505 e. The van der Waals surface area contributed by atoms with Gasteiger partial charge in [0.25, 0.3) is 0 Å². The van der Waals surface area contributed by atoms with Crippen molar-refractivity contribution in [1.29, 1.82) is 0 Å². The molecule has 4 aromatic rings. The Morgan fingerprint density at radius 3 is 2.38 bits per heavy atom. The molecule has 3 aliphatic heterocycles. The molecule has 4 aliphatic rings. The number of esters is 1. The molecule has 1 N–H and O–H groups in total. The molecule has 0 unspecified atom stereocenters. The number of nitrogens with zero attached hydrogens (tertiary/aromatic N) is 3. The number of Topliss-reactive ketones (excluding diaryl/α,β-unsaturated/α-hetero) is 2. The van der Waals surface area contributed by atoms with Crippen LogP contribution in [0.3, 0.4) is 0 Å². The Bertz CT molecular complexity index is 2350. The van der Waals surface area contributed by atoms with Crippen molar-refractivity contribution in [2.24, 2.45) is 17.3 Å². The quantitative estimate of drug-likeness (QED) is 0.121. The highest BCUT2D eigenvalue weighted by atomic mass is 79.9. The Morgan fingerprint density at radius 1 is 0.983 bits per heavy atom. The van der Waals surface area contributed by atoms with Gasteiger partial charge in [0.1, 0.15) is 17.1 Å². The molecule has 5 atom stereocenters. The number of ketones is 2. The van der Waals surface area contributed by atoms with Crippen molar-refractivity contribution in [3.05, 3.63) is 80.0 Å². The number of pyridine rings is 2. The maximum atomic E-state index is 14.2. The minimum Gasteiger partial charge on any atom is -0.505 e. The van der Waals surface area contributed by atoms with Crippen LogP contribution >= 0.6 is 31.9 Å². The molecule has 0 radical (unpaired) electrons. The van der Waals surface area contributed by atoms with E-state index in [9.17, 15) is 24.3 Å². The standard InChI is InChI=1S/C34H41BrN2O5.C12H10BrNO2/c1-4-41-32(40)34-17-23(34)11-9-7-5-6-8-10-21(2)31(39)37-20-33(18-28(37)29(38)19-34)15-14-25-26-16-24(35)12-13-27(26)36-22(3)30(25)42-33;1-6-12(16)11(7(2)15)9-5-8(13)3-4-10(9)14-6/h9,11-13,16,21,23,28H,4-8,10,14-15,17-20H2,1-3H3;3-5,16H,1-2H3/b11-9-;/t21-,23+,28-,33+,34+;/m0./s1. The SMILES string of the molecule is CC(=O)c1c(O)c(C)nc2ccc(Br)cc12.CCOC(=O)[C@]12CC(=O)[C@@H]3C[C@]4(CCc5c(c(C)nc6ccc(Br)cc56)O4)CN3C(=O)[C@@H](C)CCCCC/C=C\[C@@H]1C2. The van der Waals surface area contributed by atoms with E-state index in [2.05, 4.69) is 55.1 Å². The van der Waals surface area contributed by atoms with Crippen LogP contribution in [0.2, 0.25) is 0 Å². The third kappa shape index (κ3) is 8.20. The van der Waals surface area contributed by atoms with Gasteiger partial charge in [0, 0.05) is 44.0 Å². The zero-order valence-corrected chi connectivity index (χ0v) is 37.0. The number of carbonyl (C=O) groups is 4. The third-order valence-electron chi connectivity index (χ3n) is 12.4. The maximum Gasteiger partial charge on any atom is 0.313 e. The van der Waals surface area contributed by atoms with E-state index in [-0.39, 0.29) is 54.1 Å². The van der Waals surface area contributed by atoms with Crippen LogP contribution in [0.1, 0.15) is 106 Å². The number of benzene rings is 2. The molecule has 1 amide bonds. The van der Waals surface area contributed by atoms with Gasteiger partial charge in [0.15, 0.2) is 11.6 Å². The lowest BCUT2D eigenvalue weighted by atomic mass is 9.85. The second-order valence-corrected chi connectivity index (χ2v) is 18.4. The van der Waals surface area contributed by atoms with E-state index in [4.69, 9.17) is 14.5 Å². The third-order valence-corrected chi connectivity index (χ3v) is 13.4. The highest BCUT2D eigenvalue weighted by molar-refractivity contribution is 9.10. The minimum atomic E-state index is -0.827. The van der Waals surface area contributed by atoms with Gasteiger partial charge in [-0.3, -0.25) is 19.2 Å². The zero-order chi connectivity index (χ0) is 41.5. The van der Waals surface area contributed by atoms with Gasteiger partial charge in [-0.25, -0.2) is 9.97 Å². The number of hydrogen-bond acceptors (Lipinski definition) is 9. The van der Waals surface area contributed by atoms with E-state index in [0.29, 0.717) is 48.0 Å². The molecular weight excluding hydrogens is 866 g/mol. The van der Waals surface area contributed by atoms with Crippen molar-refractivity contribution in [2.45, 2.75) is 110 Å². The summed E-state index contributed by atoms with van der Waals surface area (Å²) in [4.78, 5) is 63.7. The molecule has 1 saturated carbocycles. The number of aromatic hydroxyl groups is 1. The fourth-order valence-electron chi connectivity index (χ4n) is 9.21. The van der Waals surface area contributed by atoms with Crippen molar-refractivity contribution in [1.82, 2.24) is 14.9 Å². The lowest BCUT2D eigenvalue weighted by Crippen LogP contribution is -2.46. The highest BCUT2D eigenvalue weighted by Crippen LogP contribution is 2.58. The summed E-state index contributed by atoms with van der Waals surface area (Å²) in [6.07, 6.45) is 11.7. The van der Waals surface area contributed by atoms with Crippen molar-refractivity contribution >= 4 is 77.1 Å². The first-order chi connectivity index (χ1) is 27.7. The number of carbonyl (C=O) groups excluding carboxylic acids is 4. The summed E-state index contributed by atoms with van der Waals surface area (Å²) in [5.41, 5.74) is 2.92. The summed E-state index contributed by atoms with van der Waals surface area (Å²) in [7, 11) is 0. The first-order valence-electron chi connectivity index (χ1n) is 20.4. The minimum absolute atomic E-state index is 0.00297. The van der Waals surface area contributed by atoms with Gasteiger partial charge in [-0.1, -0.05) is 63.8 Å². The molecule has 1 saturated heterocycles. The van der Waals surface area contributed by atoms with E-state index < -0.39 is 17.1 Å². The van der Waals surface area contributed by atoms with E-state index >= 15 is 0 Å². The average Bonchev–Trinajstić information content (AvgIpc) is 3.76. The first-order valence-corrected chi connectivity index (χ1v) is 22.0. The summed E-state index contributed by atoms with van der Waals surface area (Å²) in [5, 5.41) is 11.6. The Morgan fingerprint density at radius 2 is 1.67 bits per heavy atom. The van der Waals surface area contributed by atoms with Crippen LogP contribution < -0.4 is 4.74 Å². The number of rotatable bonds is 3. The number of amides is 1. The zero-order valence-electron chi connectivity index (χ0n) is 33.8. The summed E-state index contributed by atoms with van der Waals surface area (Å²) < 4.78 is 14.2.